The highest BCUT2D eigenvalue weighted by atomic mass is 35.5. The molecule has 0 atom stereocenters. The molecule has 0 aromatic heterocycles. The lowest BCUT2D eigenvalue weighted by Gasteiger charge is -2.09. The molecule has 0 aliphatic carbocycles. The van der Waals surface area contributed by atoms with E-state index in [1.165, 1.54) is 0 Å². The predicted octanol–water partition coefficient (Wildman–Crippen LogP) is 4.53. The second-order valence-electron chi connectivity index (χ2n) is 6.20. The maximum absolute atomic E-state index is 12.0. The van der Waals surface area contributed by atoms with Gasteiger partial charge in [-0.15, -0.1) is 11.8 Å². The lowest BCUT2D eigenvalue weighted by molar-refractivity contribution is -0.121. The van der Waals surface area contributed by atoms with Gasteiger partial charge in [-0.05, 0) is 55.8 Å². The molecule has 0 fully saturated rings. The molecular weight excluding hydrogens is 368 g/mol. The van der Waals surface area contributed by atoms with E-state index < -0.39 is 0 Å². The van der Waals surface area contributed by atoms with Crippen LogP contribution in [0.2, 0.25) is 5.02 Å². The fourth-order valence-corrected chi connectivity index (χ4v) is 3.26. The van der Waals surface area contributed by atoms with E-state index in [9.17, 15) is 9.59 Å². The van der Waals surface area contributed by atoms with E-state index in [0.29, 0.717) is 23.6 Å². The summed E-state index contributed by atoms with van der Waals surface area (Å²) in [6.45, 7) is 3.86. The largest absolute Gasteiger partial charge is 0.354 e. The van der Waals surface area contributed by atoms with Crippen molar-refractivity contribution in [3.63, 3.8) is 0 Å². The number of rotatable bonds is 8. The monoisotopic (exact) mass is 390 g/mol. The average Bonchev–Trinajstić information content (AvgIpc) is 2.58. The minimum atomic E-state index is -0.0308. The number of nitrogens with one attached hydrogen (secondary N) is 2. The Labute approximate surface area is 163 Å². The van der Waals surface area contributed by atoms with Crippen molar-refractivity contribution in [2.24, 2.45) is 0 Å². The summed E-state index contributed by atoms with van der Waals surface area (Å²) < 4.78 is 0. The van der Waals surface area contributed by atoms with Crippen LogP contribution in [0.3, 0.4) is 0 Å². The third-order valence-electron chi connectivity index (χ3n) is 3.46. The van der Waals surface area contributed by atoms with E-state index in [2.05, 4.69) is 10.6 Å². The van der Waals surface area contributed by atoms with Crippen LogP contribution in [-0.2, 0) is 16.0 Å². The zero-order chi connectivity index (χ0) is 18.9. The fraction of sp³-hybridized carbons (Fsp3) is 0.300. The zero-order valence-electron chi connectivity index (χ0n) is 14.9. The van der Waals surface area contributed by atoms with Gasteiger partial charge in [-0.1, -0.05) is 23.7 Å². The molecule has 2 amide bonds. The first kappa shape index (κ1) is 20.3. The van der Waals surface area contributed by atoms with Crippen LogP contribution in [0.4, 0.5) is 5.69 Å². The first-order valence-electron chi connectivity index (χ1n) is 8.49. The molecule has 0 saturated heterocycles. The summed E-state index contributed by atoms with van der Waals surface area (Å²) in [5.74, 6) is 0.661. The van der Waals surface area contributed by atoms with Crippen LogP contribution in [-0.4, -0.2) is 23.6 Å². The van der Waals surface area contributed by atoms with Crippen LogP contribution in [0.5, 0.6) is 0 Å². The lowest BCUT2D eigenvalue weighted by Crippen LogP contribution is -2.31. The van der Waals surface area contributed by atoms with Crippen LogP contribution in [0.25, 0.3) is 0 Å². The van der Waals surface area contributed by atoms with Gasteiger partial charge in [0.1, 0.15) is 0 Å². The minimum Gasteiger partial charge on any atom is -0.354 e. The molecule has 4 nitrogen and oxygen atoms in total. The van der Waals surface area contributed by atoms with Gasteiger partial charge in [0.15, 0.2) is 0 Å². The maximum Gasteiger partial charge on any atom is 0.225 e. The van der Waals surface area contributed by atoms with Gasteiger partial charge in [-0.2, -0.15) is 0 Å². The highest BCUT2D eigenvalue weighted by Crippen LogP contribution is 2.21. The number of halogens is 1. The standard InChI is InChI=1S/C20H23ClN2O2S/c1-14(2)22-20(25)13-15-3-7-17(8-4-15)23-19(24)11-12-26-18-9-5-16(21)6-10-18/h3-10,14H,11-13H2,1-2H3,(H,22,25)(H,23,24). The molecule has 26 heavy (non-hydrogen) atoms. The Morgan fingerprint density at radius 3 is 2.27 bits per heavy atom. The summed E-state index contributed by atoms with van der Waals surface area (Å²) in [6, 6.07) is 15.1. The first-order chi connectivity index (χ1) is 12.4. The maximum atomic E-state index is 12.0. The van der Waals surface area contributed by atoms with E-state index in [-0.39, 0.29) is 17.9 Å². The van der Waals surface area contributed by atoms with E-state index >= 15 is 0 Å². The Morgan fingerprint density at radius 1 is 1.00 bits per heavy atom. The predicted molar refractivity (Wildman–Crippen MR) is 109 cm³/mol. The Hall–Kier alpha value is -1.98. The van der Waals surface area contributed by atoms with Gasteiger partial charge < -0.3 is 10.6 Å². The Morgan fingerprint density at radius 2 is 1.65 bits per heavy atom. The van der Waals surface area contributed by atoms with Gasteiger partial charge >= 0.3 is 0 Å². The molecule has 6 heteroatoms. The van der Waals surface area contributed by atoms with Crippen molar-refractivity contribution >= 4 is 40.9 Å². The number of carbonyl (C=O) groups excluding carboxylic acids is 2. The van der Waals surface area contributed by atoms with Crippen LogP contribution < -0.4 is 10.6 Å². The van der Waals surface area contributed by atoms with Crippen molar-refractivity contribution in [3.8, 4) is 0 Å². The molecule has 0 bridgehead atoms. The quantitative estimate of drug-likeness (QED) is 0.651. The SMILES string of the molecule is CC(C)NC(=O)Cc1ccc(NC(=O)CCSc2ccc(Cl)cc2)cc1. The van der Waals surface area contributed by atoms with Gasteiger partial charge in [-0.3, -0.25) is 9.59 Å². The van der Waals surface area contributed by atoms with Crippen molar-refractivity contribution in [1.29, 1.82) is 0 Å². The zero-order valence-corrected chi connectivity index (χ0v) is 16.5. The van der Waals surface area contributed by atoms with Crippen LogP contribution in [0.1, 0.15) is 25.8 Å². The van der Waals surface area contributed by atoms with Crippen LogP contribution in [0.15, 0.2) is 53.4 Å². The molecule has 0 unspecified atom stereocenters. The number of thioether (sulfide) groups is 1. The van der Waals surface area contributed by atoms with Crippen molar-refractivity contribution in [3.05, 3.63) is 59.1 Å². The highest BCUT2D eigenvalue weighted by Gasteiger charge is 2.06. The van der Waals surface area contributed by atoms with Gasteiger partial charge in [0.05, 0.1) is 6.42 Å². The van der Waals surface area contributed by atoms with E-state index in [1.54, 1.807) is 11.8 Å². The number of amides is 2. The smallest absolute Gasteiger partial charge is 0.225 e. The molecule has 0 radical (unpaired) electrons. The van der Waals surface area contributed by atoms with Crippen LogP contribution >= 0.6 is 23.4 Å². The molecule has 138 valence electrons. The van der Waals surface area contributed by atoms with Gasteiger partial charge in [0, 0.05) is 33.8 Å². The third-order valence-corrected chi connectivity index (χ3v) is 4.73. The van der Waals surface area contributed by atoms with Crippen molar-refractivity contribution in [1.82, 2.24) is 5.32 Å². The summed E-state index contributed by atoms with van der Waals surface area (Å²) in [5, 5.41) is 6.44. The lowest BCUT2D eigenvalue weighted by atomic mass is 10.1. The Balaban J connectivity index is 1.74. The average molecular weight is 391 g/mol. The first-order valence-corrected chi connectivity index (χ1v) is 9.85. The van der Waals surface area contributed by atoms with Crippen molar-refractivity contribution < 1.29 is 9.59 Å². The van der Waals surface area contributed by atoms with Gasteiger partial charge in [0.25, 0.3) is 0 Å². The van der Waals surface area contributed by atoms with Crippen LogP contribution in [0, 0.1) is 0 Å². The number of hydrogen-bond acceptors (Lipinski definition) is 3. The summed E-state index contributed by atoms with van der Waals surface area (Å²) in [7, 11) is 0. The van der Waals surface area contributed by atoms with E-state index in [4.69, 9.17) is 11.6 Å². The molecular formula is C20H23ClN2O2S. The number of hydrogen-bond donors (Lipinski definition) is 2. The summed E-state index contributed by atoms with van der Waals surface area (Å²) in [6.07, 6.45) is 0.760. The molecule has 2 N–H and O–H groups in total. The molecule has 0 spiro atoms. The summed E-state index contributed by atoms with van der Waals surface area (Å²) in [5.41, 5.74) is 1.65. The molecule has 2 rings (SSSR count). The molecule has 0 heterocycles. The molecule has 0 aliphatic rings. The summed E-state index contributed by atoms with van der Waals surface area (Å²) in [4.78, 5) is 24.9. The number of anilines is 1. The Bertz CT molecular complexity index is 730. The van der Waals surface area contributed by atoms with E-state index in [0.717, 1.165) is 16.1 Å². The molecule has 0 aliphatic heterocycles. The second kappa shape index (κ2) is 10.2. The third kappa shape index (κ3) is 7.50. The van der Waals surface area contributed by atoms with Gasteiger partial charge in [0.2, 0.25) is 11.8 Å². The molecule has 2 aromatic carbocycles. The molecule has 2 aromatic rings. The van der Waals surface area contributed by atoms with Crippen molar-refractivity contribution in [2.75, 3.05) is 11.1 Å². The number of benzene rings is 2. The normalized spacial score (nSPS) is 10.6. The number of carbonyl (C=O) groups is 2. The van der Waals surface area contributed by atoms with E-state index in [1.807, 2.05) is 62.4 Å². The highest BCUT2D eigenvalue weighted by molar-refractivity contribution is 7.99. The summed E-state index contributed by atoms with van der Waals surface area (Å²) >= 11 is 7.47. The van der Waals surface area contributed by atoms with Crippen molar-refractivity contribution in [2.45, 2.75) is 37.6 Å². The second-order valence-corrected chi connectivity index (χ2v) is 7.80. The van der Waals surface area contributed by atoms with Gasteiger partial charge in [-0.25, -0.2) is 0 Å². The Kier molecular flexibility index (Phi) is 8.01. The minimum absolute atomic E-state index is 0.00369. The fourth-order valence-electron chi connectivity index (χ4n) is 2.28. The topological polar surface area (TPSA) is 58.2 Å². The molecule has 0 saturated carbocycles.